The van der Waals surface area contributed by atoms with E-state index in [-0.39, 0.29) is 5.82 Å². The second kappa shape index (κ2) is 4.91. The SMILES string of the molecule is Cc1cc(Nc2ccc(I)cc2)c(N)cc1F. The molecular weight excluding hydrogens is 330 g/mol. The van der Waals surface area contributed by atoms with Crippen LogP contribution >= 0.6 is 22.6 Å². The number of halogens is 2. The molecule has 3 N–H and O–H groups in total. The molecule has 0 fully saturated rings. The number of nitrogens with one attached hydrogen (secondary N) is 1. The fourth-order valence-electron chi connectivity index (χ4n) is 1.49. The van der Waals surface area contributed by atoms with E-state index < -0.39 is 0 Å². The summed E-state index contributed by atoms with van der Waals surface area (Å²) in [6, 6.07) is 11.0. The van der Waals surface area contributed by atoms with E-state index in [1.54, 1.807) is 13.0 Å². The lowest BCUT2D eigenvalue weighted by molar-refractivity contribution is 0.619. The number of benzene rings is 2. The van der Waals surface area contributed by atoms with Gasteiger partial charge in [0.2, 0.25) is 0 Å². The predicted octanol–water partition coefficient (Wildman–Crippen LogP) is 4.06. The lowest BCUT2D eigenvalue weighted by Crippen LogP contribution is -1.98. The summed E-state index contributed by atoms with van der Waals surface area (Å²) in [7, 11) is 0. The number of aryl methyl sites for hydroxylation is 1. The largest absolute Gasteiger partial charge is 0.397 e. The minimum atomic E-state index is -0.282. The van der Waals surface area contributed by atoms with Gasteiger partial charge in [0.25, 0.3) is 0 Å². The molecular formula is C13H12FIN2. The van der Waals surface area contributed by atoms with Gasteiger partial charge in [-0.3, -0.25) is 0 Å². The topological polar surface area (TPSA) is 38.0 Å². The van der Waals surface area contributed by atoms with Crippen molar-refractivity contribution < 1.29 is 4.39 Å². The number of hydrogen-bond acceptors (Lipinski definition) is 2. The first kappa shape index (κ1) is 12.2. The van der Waals surface area contributed by atoms with Gasteiger partial charge in [0, 0.05) is 9.26 Å². The summed E-state index contributed by atoms with van der Waals surface area (Å²) in [5.41, 5.74) is 8.41. The molecule has 0 bridgehead atoms. The number of nitrogens with two attached hydrogens (primary N) is 1. The van der Waals surface area contributed by atoms with Crippen molar-refractivity contribution in [3.8, 4) is 0 Å². The van der Waals surface area contributed by atoms with Crippen molar-refractivity contribution in [2.24, 2.45) is 0 Å². The van der Waals surface area contributed by atoms with Gasteiger partial charge in [0.1, 0.15) is 5.82 Å². The van der Waals surface area contributed by atoms with E-state index in [0.717, 1.165) is 14.9 Å². The first-order valence-electron chi connectivity index (χ1n) is 5.14. The minimum Gasteiger partial charge on any atom is -0.397 e. The van der Waals surface area contributed by atoms with Crippen LogP contribution in [0, 0.1) is 16.3 Å². The van der Waals surface area contributed by atoms with Crippen LogP contribution in [0.2, 0.25) is 0 Å². The van der Waals surface area contributed by atoms with Crippen molar-refractivity contribution in [2.75, 3.05) is 11.1 Å². The van der Waals surface area contributed by atoms with Crippen LogP contribution in [0.4, 0.5) is 21.5 Å². The Morgan fingerprint density at radius 3 is 2.47 bits per heavy atom. The molecule has 2 aromatic rings. The Morgan fingerprint density at radius 2 is 1.82 bits per heavy atom. The van der Waals surface area contributed by atoms with Gasteiger partial charge in [-0.2, -0.15) is 0 Å². The molecule has 0 atom stereocenters. The van der Waals surface area contributed by atoms with E-state index in [1.807, 2.05) is 24.3 Å². The summed E-state index contributed by atoms with van der Waals surface area (Å²) in [4.78, 5) is 0. The van der Waals surface area contributed by atoms with Crippen molar-refractivity contribution in [1.82, 2.24) is 0 Å². The normalized spacial score (nSPS) is 10.3. The highest BCUT2D eigenvalue weighted by molar-refractivity contribution is 14.1. The summed E-state index contributed by atoms with van der Waals surface area (Å²) in [5.74, 6) is -0.282. The maximum atomic E-state index is 13.2. The molecule has 0 aliphatic carbocycles. The third kappa shape index (κ3) is 2.88. The molecule has 2 rings (SSSR count). The molecule has 88 valence electrons. The van der Waals surface area contributed by atoms with Crippen LogP contribution in [0.5, 0.6) is 0 Å². The Bertz CT molecular complexity index is 538. The second-order valence-corrected chi connectivity index (χ2v) is 5.07. The van der Waals surface area contributed by atoms with E-state index in [4.69, 9.17) is 5.73 Å². The molecule has 17 heavy (non-hydrogen) atoms. The van der Waals surface area contributed by atoms with Crippen molar-refractivity contribution in [1.29, 1.82) is 0 Å². The molecule has 0 amide bonds. The average Bonchev–Trinajstić information content (AvgIpc) is 2.29. The molecule has 0 radical (unpaired) electrons. The Balaban J connectivity index is 2.30. The lowest BCUT2D eigenvalue weighted by Gasteiger charge is -2.11. The third-order valence-electron chi connectivity index (χ3n) is 2.45. The molecule has 0 aliphatic heterocycles. The summed E-state index contributed by atoms with van der Waals surface area (Å²) < 4.78 is 14.4. The minimum absolute atomic E-state index is 0.282. The molecule has 2 aromatic carbocycles. The standard InChI is InChI=1S/C13H12FIN2/c1-8-6-13(12(16)7-11(8)14)17-10-4-2-9(15)3-5-10/h2-7,17H,16H2,1H3. The fraction of sp³-hybridized carbons (Fsp3) is 0.0769. The maximum absolute atomic E-state index is 13.2. The monoisotopic (exact) mass is 342 g/mol. The zero-order chi connectivity index (χ0) is 12.4. The van der Waals surface area contributed by atoms with E-state index >= 15 is 0 Å². The quantitative estimate of drug-likeness (QED) is 0.638. The zero-order valence-electron chi connectivity index (χ0n) is 9.30. The van der Waals surface area contributed by atoms with E-state index in [1.165, 1.54) is 6.07 Å². The van der Waals surface area contributed by atoms with Gasteiger partial charge in [-0.05, 0) is 71.5 Å². The molecule has 0 unspecified atom stereocenters. The summed E-state index contributed by atoms with van der Waals surface area (Å²) in [5, 5.41) is 3.17. The molecule has 2 nitrogen and oxygen atoms in total. The lowest BCUT2D eigenvalue weighted by atomic mass is 10.1. The Labute approximate surface area is 113 Å². The highest BCUT2D eigenvalue weighted by Crippen LogP contribution is 2.26. The fourth-order valence-corrected chi connectivity index (χ4v) is 1.85. The van der Waals surface area contributed by atoms with E-state index in [2.05, 4.69) is 27.9 Å². The zero-order valence-corrected chi connectivity index (χ0v) is 11.5. The number of rotatable bonds is 2. The maximum Gasteiger partial charge on any atom is 0.128 e. The summed E-state index contributed by atoms with van der Waals surface area (Å²) in [6.45, 7) is 1.72. The van der Waals surface area contributed by atoms with Crippen molar-refractivity contribution in [3.05, 3.63) is 51.3 Å². The smallest absolute Gasteiger partial charge is 0.128 e. The van der Waals surface area contributed by atoms with Crippen LogP contribution in [-0.2, 0) is 0 Å². The van der Waals surface area contributed by atoms with Gasteiger partial charge < -0.3 is 11.1 Å². The van der Waals surface area contributed by atoms with Crippen molar-refractivity contribution in [3.63, 3.8) is 0 Å². The van der Waals surface area contributed by atoms with Gasteiger partial charge >= 0.3 is 0 Å². The summed E-state index contributed by atoms with van der Waals surface area (Å²) in [6.07, 6.45) is 0. The van der Waals surface area contributed by atoms with Crippen LogP contribution < -0.4 is 11.1 Å². The Hall–Kier alpha value is -1.30. The molecule has 0 spiro atoms. The second-order valence-electron chi connectivity index (χ2n) is 3.82. The predicted molar refractivity (Wildman–Crippen MR) is 78.0 cm³/mol. The van der Waals surface area contributed by atoms with Gasteiger partial charge in [-0.25, -0.2) is 4.39 Å². The third-order valence-corrected chi connectivity index (χ3v) is 3.17. The number of anilines is 3. The van der Waals surface area contributed by atoms with Crippen LogP contribution in [-0.4, -0.2) is 0 Å². The average molecular weight is 342 g/mol. The number of nitrogen functional groups attached to an aromatic ring is 1. The molecule has 0 aliphatic rings. The van der Waals surface area contributed by atoms with Gasteiger partial charge in [0.15, 0.2) is 0 Å². The Morgan fingerprint density at radius 1 is 1.18 bits per heavy atom. The molecule has 0 aromatic heterocycles. The first-order chi connectivity index (χ1) is 8.06. The summed E-state index contributed by atoms with van der Waals surface area (Å²) >= 11 is 2.24. The molecule has 0 saturated heterocycles. The highest BCUT2D eigenvalue weighted by atomic mass is 127. The first-order valence-corrected chi connectivity index (χ1v) is 6.22. The number of hydrogen-bond donors (Lipinski definition) is 2. The van der Waals surface area contributed by atoms with E-state index in [0.29, 0.717) is 11.3 Å². The van der Waals surface area contributed by atoms with Gasteiger partial charge in [0.05, 0.1) is 11.4 Å². The van der Waals surface area contributed by atoms with Crippen LogP contribution in [0.25, 0.3) is 0 Å². The van der Waals surface area contributed by atoms with Crippen LogP contribution in [0.1, 0.15) is 5.56 Å². The van der Waals surface area contributed by atoms with Crippen LogP contribution in [0.15, 0.2) is 36.4 Å². The molecule has 4 heteroatoms. The van der Waals surface area contributed by atoms with Crippen molar-refractivity contribution in [2.45, 2.75) is 6.92 Å². The Kier molecular flexibility index (Phi) is 3.51. The van der Waals surface area contributed by atoms with Gasteiger partial charge in [-0.15, -0.1) is 0 Å². The molecule has 0 saturated carbocycles. The molecule has 0 heterocycles. The highest BCUT2D eigenvalue weighted by Gasteiger charge is 2.04. The van der Waals surface area contributed by atoms with Gasteiger partial charge in [-0.1, -0.05) is 0 Å². The van der Waals surface area contributed by atoms with E-state index in [9.17, 15) is 4.39 Å². The van der Waals surface area contributed by atoms with Crippen molar-refractivity contribution >= 4 is 39.7 Å². The van der Waals surface area contributed by atoms with Crippen LogP contribution in [0.3, 0.4) is 0 Å².